The summed E-state index contributed by atoms with van der Waals surface area (Å²) in [5.41, 5.74) is 3.26. The van der Waals surface area contributed by atoms with Crippen LogP contribution in [0.1, 0.15) is 36.8 Å². The van der Waals surface area contributed by atoms with Gasteiger partial charge in [-0.1, -0.05) is 30.7 Å². The molecule has 2 aromatic carbocycles. The maximum absolute atomic E-state index is 15.4. The Morgan fingerprint density at radius 3 is 2.60 bits per heavy atom. The number of pyridine rings is 1. The molecule has 6 rings (SSSR count). The van der Waals surface area contributed by atoms with Crippen molar-refractivity contribution in [2.45, 2.75) is 25.3 Å². The first kappa shape index (κ1) is 25.9. The molecule has 1 aliphatic heterocycles. The fraction of sp³-hybridized carbons (Fsp3) is 0.192. The first-order chi connectivity index (χ1) is 19.1. The van der Waals surface area contributed by atoms with E-state index in [1.165, 1.54) is 23.1 Å². The molecule has 0 amide bonds. The molecule has 0 bridgehead atoms. The Morgan fingerprint density at radius 1 is 1.12 bits per heavy atom. The molecular weight excluding hydrogens is 559 g/mol. The van der Waals surface area contributed by atoms with Gasteiger partial charge < -0.3 is 9.55 Å². The normalized spacial score (nSPS) is 16.7. The van der Waals surface area contributed by atoms with Crippen molar-refractivity contribution in [1.82, 2.24) is 34.7 Å². The van der Waals surface area contributed by atoms with Gasteiger partial charge in [-0.25, -0.2) is 17.8 Å². The van der Waals surface area contributed by atoms with Crippen LogP contribution in [0.2, 0.25) is 5.02 Å². The fourth-order valence-electron chi connectivity index (χ4n) is 5.12. The predicted octanol–water partition coefficient (Wildman–Crippen LogP) is 4.14. The maximum atomic E-state index is 15.4. The molecule has 0 spiro atoms. The molecule has 0 aliphatic carbocycles. The molecule has 0 radical (unpaired) electrons. The van der Waals surface area contributed by atoms with Crippen molar-refractivity contribution in [3.05, 3.63) is 93.8 Å². The molecule has 0 saturated carbocycles. The number of hydrogen-bond acceptors (Lipinski definition) is 7. The monoisotopic (exact) mass is 580 g/mol. The highest BCUT2D eigenvalue weighted by Crippen LogP contribution is 2.41. The molecule has 3 aromatic heterocycles. The molecule has 40 heavy (non-hydrogen) atoms. The molecule has 0 unspecified atom stereocenters. The maximum Gasteiger partial charge on any atom is 0.252 e. The summed E-state index contributed by atoms with van der Waals surface area (Å²) in [5, 5.41) is 11.1. The Kier molecular flexibility index (Phi) is 6.27. The van der Waals surface area contributed by atoms with Gasteiger partial charge in [0, 0.05) is 23.0 Å². The van der Waals surface area contributed by atoms with Gasteiger partial charge in [0.15, 0.2) is 5.82 Å². The van der Waals surface area contributed by atoms with Crippen molar-refractivity contribution >= 4 is 27.3 Å². The molecule has 2 N–H and O–H groups in total. The molecule has 0 fully saturated rings. The molecule has 1 aliphatic rings. The number of halogens is 2. The second kappa shape index (κ2) is 9.68. The number of H-pyrrole nitrogens is 1. The van der Waals surface area contributed by atoms with Gasteiger partial charge in [-0.05, 0) is 64.2 Å². The summed E-state index contributed by atoms with van der Waals surface area (Å²) < 4.78 is 43.7. The summed E-state index contributed by atoms with van der Waals surface area (Å²) in [7, 11) is -3.38. The van der Waals surface area contributed by atoms with E-state index < -0.39 is 15.8 Å². The van der Waals surface area contributed by atoms with Crippen LogP contribution in [0.4, 0.5) is 10.1 Å². The van der Waals surface area contributed by atoms with E-state index in [4.69, 9.17) is 11.6 Å². The van der Waals surface area contributed by atoms with Crippen LogP contribution in [0.25, 0.3) is 28.1 Å². The van der Waals surface area contributed by atoms with E-state index in [1.54, 1.807) is 47.2 Å². The van der Waals surface area contributed by atoms with Crippen LogP contribution >= 0.6 is 11.6 Å². The molecule has 11 nitrogen and oxygen atoms in total. The van der Waals surface area contributed by atoms with E-state index >= 15 is 4.39 Å². The van der Waals surface area contributed by atoms with Crippen LogP contribution < -0.4 is 10.3 Å². The summed E-state index contributed by atoms with van der Waals surface area (Å²) >= 11 is 6.11. The number of aromatic amines is 1. The van der Waals surface area contributed by atoms with Crippen molar-refractivity contribution in [2.24, 2.45) is 0 Å². The lowest BCUT2D eigenvalue weighted by atomic mass is 9.99. The SMILES string of the molecule is C[C@H]1C[C@@H](c2ncc(-c3ccc(NS(C)(=O)=O)cc3)[nH]2)n2c1cc(-c1c(-n3cnnn3)ccc(Cl)c1F)cc2=O. The van der Waals surface area contributed by atoms with Gasteiger partial charge in [0.25, 0.3) is 5.56 Å². The van der Waals surface area contributed by atoms with Gasteiger partial charge >= 0.3 is 0 Å². The molecule has 0 saturated heterocycles. The summed E-state index contributed by atoms with van der Waals surface area (Å²) in [4.78, 5) is 21.4. The Morgan fingerprint density at radius 2 is 1.90 bits per heavy atom. The highest BCUT2D eigenvalue weighted by molar-refractivity contribution is 7.92. The average molecular weight is 581 g/mol. The number of imidazole rings is 1. The first-order valence-corrected chi connectivity index (χ1v) is 14.5. The van der Waals surface area contributed by atoms with Crippen molar-refractivity contribution in [3.63, 3.8) is 0 Å². The molecule has 204 valence electrons. The Hall–Kier alpha value is -4.36. The van der Waals surface area contributed by atoms with E-state index in [-0.39, 0.29) is 28.1 Å². The zero-order chi connectivity index (χ0) is 28.2. The molecule has 2 atom stereocenters. The third-order valence-electron chi connectivity index (χ3n) is 6.86. The zero-order valence-electron chi connectivity index (χ0n) is 21.2. The van der Waals surface area contributed by atoms with Crippen molar-refractivity contribution in [1.29, 1.82) is 0 Å². The van der Waals surface area contributed by atoms with E-state index in [9.17, 15) is 13.2 Å². The molecule has 5 aromatic rings. The third kappa shape index (κ3) is 4.67. The van der Waals surface area contributed by atoms with Gasteiger partial charge in [-0.2, -0.15) is 4.68 Å². The third-order valence-corrected chi connectivity index (χ3v) is 7.76. The zero-order valence-corrected chi connectivity index (χ0v) is 22.8. The highest BCUT2D eigenvalue weighted by atomic mass is 35.5. The quantitative estimate of drug-likeness (QED) is 0.307. The smallest absolute Gasteiger partial charge is 0.252 e. The van der Waals surface area contributed by atoms with E-state index in [2.05, 4.69) is 30.2 Å². The first-order valence-electron chi connectivity index (χ1n) is 12.2. The lowest BCUT2D eigenvalue weighted by Gasteiger charge is -2.16. The van der Waals surface area contributed by atoms with Gasteiger partial charge in [0.05, 0.1) is 34.9 Å². The van der Waals surface area contributed by atoms with Gasteiger partial charge in [-0.15, -0.1) is 5.10 Å². The van der Waals surface area contributed by atoms with Crippen LogP contribution in [0.3, 0.4) is 0 Å². The van der Waals surface area contributed by atoms with Crippen LogP contribution in [0.15, 0.2) is 65.8 Å². The van der Waals surface area contributed by atoms with Crippen LogP contribution in [-0.4, -0.2) is 49.4 Å². The number of fused-ring (bicyclic) bond motifs is 1. The largest absolute Gasteiger partial charge is 0.340 e. The number of aromatic nitrogens is 7. The number of nitrogens with zero attached hydrogens (tertiary/aromatic N) is 6. The van der Waals surface area contributed by atoms with E-state index in [1.807, 2.05) is 6.92 Å². The lowest BCUT2D eigenvalue weighted by Crippen LogP contribution is -2.24. The second-order valence-electron chi connectivity index (χ2n) is 9.67. The number of hydrogen-bond donors (Lipinski definition) is 2. The summed E-state index contributed by atoms with van der Waals surface area (Å²) in [6.45, 7) is 2.00. The minimum absolute atomic E-state index is 0.0220. The standard InChI is InChI=1S/C26H22ClFN8O3S/c1-14-9-22(26-29-12-19(31-26)15-3-5-17(6-4-15)32-40(2,38)39)36-21(14)10-16(11-23(36)37)24-20(35-13-30-33-34-35)8-7-18(27)25(24)28/h3-8,10-14,22,32H,9H2,1-2H3,(H,29,31)/t14-,22-/m0/s1. The number of benzene rings is 2. The summed E-state index contributed by atoms with van der Waals surface area (Å²) in [5.74, 6) is -0.0852. The van der Waals surface area contributed by atoms with Crippen molar-refractivity contribution in [2.75, 3.05) is 11.0 Å². The van der Waals surface area contributed by atoms with Crippen molar-refractivity contribution < 1.29 is 12.8 Å². The van der Waals surface area contributed by atoms with Gasteiger partial charge in [0.2, 0.25) is 10.0 Å². The van der Waals surface area contributed by atoms with E-state index in [0.717, 1.165) is 23.2 Å². The number of anilines is 1. The van der Waals surface area contributed by atoms with Crippen molar-refractivity contribution in [3.8, 4) is 28.1 Å². The fourth-order valence-corrected chi connectivity index (χ4v) is 5.84. The summed E-state index contributed by atoms with van der Waals surface area (Å²) in [6.07, 6.45) is 4.72. The predicted molar refractivity (Wildman–Crippen MR) is 147 cm³/mol. The Bertz CT molecular complexity index is 1900. The van der Waals surface area contributed by atoms with E-state index in [0.29, 0.717) is 29.2 Å². The lowest BCUT2D eigenvalue weighted by molar-refractivity contribution is 0.557. The summed E-state index contributed by atoms with van der Waals surface area (Å²) in [6, 6.07) is 12.7. The Balaban J connectivity index is 1.37. The number of rotatable bonds is 6. The minimum atomic E-state index is -3.38. The van der Waals surface area contributed by atoms with Crippen LogP contribution in [0.5, 0.6) is 0 Å². The topological polar surface area (TPSA) is 140 Å². The highest BCUT2D eigenvalue weighted by Gasteiger charge is 2.33. The van der Waals surface area contributed by atoms with Crippen LogP contribution in [0, 0.1) is 5.82 Å². The molecule has 14 heteroatoms. The Labute approximate surface area is 232 Å². The van der Waals surface area contributed by atoms with Crippen LogP contribution in [-0.2, 0) is 10.0 Å². The average Bonchev–Trinajstić information content (AvgIpc) is 3.66. The molecule has 4 heterocycles. The van der Waals surface area contributed by atoms with Gasteiger partial charge in [0.1, 0.15) is 12.2 Å². The number of nitrogens with one attached hydrogen (secondary N) is 2. The number of sulfonamides is 1. The second-order valence-corrected chi connectivity index (χ2v) is 11.8. The number of tetrazole rings is 1. The molecular formula is C26H22ClFN8O3S. The van der Waals surface area contributed by atoms with Gasteiger partial charge in [-0.3, -0.25) is 9.52 Å². The minimum Gasteiger partial charge on any atom is -0.340 e.